The third-order valence-electron chi connectivity index (χ3n) is 4.22. The molecule has 1 fully saturated rings. The highest BCUT2D eigenvalue weighted by Crippen LogP contribution is 2.21. The molecule has 1 amide bonds. The Morgan fingerprint density at radius 1 is 1.30 bits per heavy atom. The van der Waals surface area contributed by atoms with Gasteiger partial charge in [-0.1, -0.05) is 11.6 Å². The number of H-pyrrole nitrogens is 1. The number of carbonyl (C=O) groups excluding carboxylic acids is 2. The number of likely N-dealkylation sites (N-methyl/N-ethyl adjacent to an activating group) is 1. The van der Waals surface area contributed by atoms with Gasteiger partial charge in [0.25, 0.3) is 5.91 Å². The molecule has 7 heteroatoms. The Morgan fingerprint density at radius 2 is 2.09 bits per heavy atom. The SMILES string of the molecule is COC(=O)C1CN(C(=O)c2cc3cc(Cl)ccc3[nH]2)CCN1C. The molecule has 0 spiro atoms. The molecule has 1 aromatic carbocycles. The van der Waals surface area contributed by atoms with E-state index in [9.17, 15) is 9.59 Å². The first-order valence-electron chi connectivity index (χ1n) is 7.35. The Hall–Kier alpha value is -2.05. The number of methoxy groups -OCH3 is 1. The van der Waals surface area contributed by atoms with Gasteiger partial charge in [-0.15, -0.1) is 0 Å². The second kappa shape index (κ2) is 6.22. The summed E-state index contributed by atoms with van der Waals surface area (Å²) >= 11 is 5.98. The van der Waals surface area contributed by atoms with E-state index < -0.39 is 6.04 Å². The van der Waals surface area contributed by atoms with Gasteiger partial charge in [-0.05, 0) is 31.3 Å². The Balaban J connectivity index is 1.82. The molecule has 0 saturated carbocycles. The number of nitrogens with zero attached hydrogens (tertiary/aromatic N) is 2. The molecular weight excluding hydrogens is 318 g/mol. The maximum Gasteiger partial charge on any atom is 0.324 e. The molecule has 122 valence electrons. The van der Waals surface area contributed by atoms with Crippen molar-refractivity contribution in [3.63, 3.8) is 0 Å². The van der Waals surface area contributed by atoms with Crippen molar-refractivity contribution >= 4 is 34.4 Å². The van der Waals surface area contributed by atoms with E-state index in [-0.39, 0.29) is 11.9 Å². The maximum absolute atomic E-state index is 12.7. The number of nitrogens with one attached hydrogen (secondary N) is 1. The average Bonchev–Trinajstić information content (AvgIpc) is 2.97. The lowest BCUT2D eigenvalue weighted by molar-refractivity contribution is -0.148. The smallest absolute Gasteiger partial charge is 0.324 e. The summed E-state index contributed by atoms with van der Waals surface area (Å²) in [7, 11) is 3.21. The summed E-state index contributed by atoms with van der Waals surface area (Å²) in [4.78, 5) is 31.2. The number of fused-ring (bicyclic) bond motifs is 1. The van der Waals surface area contributed by atoms with Crippen molar-refractivity contribution in [2.24, 2.45) is 0 Å². The molecule has 6 nitrogen and oxygen atoms in total. The molecule has 1 aromatic heterocycles. The van der Waals surface area contributed by atoms with Crippen LogP contribution in [0.4, 0.5) is 0 Å². The zero-order chi connectivity index (χ0) is 16.6. The second-order valence-electron chi connectivity index (χ2n) is 5.69. The van der Waals surface area contributed by atoms with E-state index in [0.29, 0.717) is 30.4 Å². The van der Waals surface area contributed by atoms with E-state index in [1.165, 1.54) is 7.11 Å². The minimum absolute atomic E-state index is 0.126. The number of carbonyl (C=O) groups is 2. The number of hydrogen-bond acceptors (Lipinski definition) is 4. The third-order valence-corrected chi connectivity index (χ3v) is 4.46. The van der Waals surface area contributed by atoms with Gasteiger partial charge in [0.05, 0.1) is 7.11 Å². The van der Waals surface area contributed by atoms with Gasteiger partial charge in [-0.3, -0.25) is 14.5 Å². The van der Waals surface area contributed by atoms with Gasteiger partial charge < -0.3 is 14.6 Å². The minimum atomic E-state index is -0.434. The normalized spacial score (nSPS) is 19.1. The first kappa shape index (κ1) is 15.8. The average molecular weight is 336 g/mol. The van der Waals surface area contributed by atoms with Crippen LogP contribution in [0, 0.1) is 0 Å². The molecule has 1 atom stereocenters. The highest BCUT2D eigenvalue weighted by Gasteiger charge is 2.33. The summed E-state index contributed by atoms with van der Waals surface area (Å²) in [5.74, 6) is -0.451. The van der Waals surface area contributed by atoms with Gasteiger partial charge in [0.15, 0.2) is 0 Å². The molecule has 23 heavy (non-hydrogen) atoms. The molecule has 0 radical (unpaired) electrons. The number of ether oxygens (including phenoxy) is 1. The number of aromatic nitrogens is 1. The standard InChI is InChI=1S/C16H18ClN3O3/c1-19-5-6-20(9-14(19)16(22)23-2)15(21)13-8-10-7-11(17)3-4-12(10)18-13/h3-4,7-8,14,18H,5-6,9H2,1-2H3. The van der Waals surface area contributed by atoms with Gasteiger partial charge in [0, 0.05) is 35.6 Å². The zero-order valence-corrected chi connectivity index (χ0v) is 13.8. The predicted molar refractivity (Wildman–Crippen MR) is 87.6 cm³/mol. The van der Waals surface area contributed by atoms with Crippen LogP contribution in [-0.4, -0.2) is 66.5 Å². The molecule has 2 heterocycles. The van der Waals surface area contributed by atoms with Crippen LogP contribution in [-0.2, 0) is 9.53 Å². The van der Waals surface area contributed by atoms with Crippen molar-refractivity contribution in [3.8, 4) is 0 Å². The summed E-state index contributed by atoms with van der Waals surface area (Å²) in [6.45, 7) is 1.51. The molecule has 0 aliphatic carbocycles. The number of aromatic amines is 1. The maximum atomic E-state index is 12.7. The van der Waals surface area contributed by atoms with Gasteiger partial charge >= 0.3 is 5.97 Å². The van der Waals surface area contributed by atoms with Crippen molar-refractivity contribution < 1.29 is 14.3 Å². The summed E-state index contributed by atoms with van der Waals surface area (Å²) < 4.78 is 4.81. The van der Waals surface area contributed by atoms with Crippen molar-refractivity contribution in [1.29, 1.82) is 0 Å². The fourth-order valence-corrected chi connectivity index (χ4v) is 3.02. The molecular formula is C16H18ClN3O3. The molecule has 1 aliphatic heterocycles. The fraction of sp³-hybridized carbons (Fsp3) is 0.375. The number of esters is 1. The van der Waals surface area contributed by atoms with Crippen LogP contribution in [0.3, 0.4) is 0 Å². The lowest BCUT2D eigenvalue weighted by Crippen LogP contribution is -2.56. The van der Waals surface area contributed by atoms with Crippen LogP contribution in [0.2, 0.25) is 5.02 Å². The van der Waals surface area contributed by atoms with Crippen LogP contribution in [0.25, 0.3) is 10.9 Å². The van der Waals surface area contributed by atoms with E-state index in [2.05, 4.69) is 4.98 Å². The van der Waals surface area contributed by atoms with Gasteiger partial charge in [-0.25, -0.2) is 0 Å². The number of piperazine rings is 1. The molecule has 0 bridgehead atoms. The van der Waals surface area contributed by atoms with Gasteiger partial charge in [-0.2, -0.15) is 0 Å². The lowest BCUT2D eigenvalue weighted by Gasteiger charge is -2.37. The van der Waals surface area contributed by atoms with Crippen molar-refractivity contribution in [2.75, 3.05) is 33.8 Å². The number of rotatable bonds is 2. The van der Waals surface area contributed by atoms with Gasteiger partial charge in [0.1, 0.15) is 11.7 Å². The highest BCUT2D eigenvalue weighted by atomic mass is 35.5. The molecule has 1 unspecified atom stereocenters. The Morgan fingerprint density at radius 3 is 2.83 bits per heavy atom. The molecule has 2 aromatic rings. The zero-order valence-electron chi connectivity index (χ0n) is 13.0. The largest absolute Gasteiger partial charge is 0.468 e. The molecule has 1 aliphatic rings. The number of benzene rings is 1. The number of amides is 1. The number of hydrogen-bond donors (Lipinski definition) is 1. The van der Waals surface area contributed by atoms with Crippen LogP contribution in [0.15, 0.2) is 24.3 Å². The first-order valence-corrected chi connectivity index (χ1v) is 7.73. The first-order chi connectivity index (χ1) is 11.0. The van der Waals surface area contributed by atoms with E-state index in [0.717, 1.165) is 10.9 Å². The predicted octanol–water partition coefficient (Wildman–Crippen LogP) is 1.75. The fourth-order valence-electron chi connectivity index (χ4n) is 2.84. The van der Waals surface area contributed by atoms with Crippen molar-refractivity contribution in [2.45, 2.75) is 6.04 Å². The number of halogens is 1. The highest BCUT2D eigenvalue weighted by molar-refractivity contribution is 6.31. The minimum Gasteiger partial charge on any atom is -0.468 e. The van der Waals surface area contributed by atoms with Gasteiger partial charge in [0.2, 0.25) is 0 Å². The van der Waals surface area contributed by atoms with Crippen molar-refractivity contribution in [3.05, 3.63) is 35.0 Å². The van der Waals surface area contributed by atoms with Crippen molar-refractivity contribution in [1.82, 2.24) is 14.8 Å². The van der Waals surface area contributed by atoms with E-state index in [1.54, 1.807) is 17.0 Å². The van der Waals surface area contributed by atoms with Crippen LogP contribution < -0.4 is 0 Å². The summed E-state index contributed by atoms with van der Waals surface area (Å²) in [5.41, 5.74) is 1.35. The second-order valence-corrected chi connectivity index (χ2v) is 6.12. The summed E-state index contributed by atoms with van der Waals surface area (Å²) in [5, 5.41) is 1.51. The lowest BCUT2D eigenvalue weighted by atomic mass is 10.1. The monoisotopic (exact) mass is 335 g/mol. The third kappa shape index (κ3) is 3.04. The topological polar surface area (TPSA) is 65.6 Å². The quantitative estimate of drug-likeness (QED) is 0.849. The van der Waals surface area contributed by atoms with E-state index in [1.807, 2.05) is 24.1 Å². The Kier molecular flexibility index (Phi) is 4.28. The van der Waals surface area contributed by atoms with Crippen LogP contribution >= 0.6 is 11.6 Å². The molecule has 1 N–H and O–H groups in total. The Labute approximate surface area is 138 Å². The van der Waals surface area contributed by atoms with Crippen LogP contribution in [0.5, 0.6) is 0 Å². The Bertz CT molecular complexity index is 758. The summed E-state index contributed by atoms with van der Waals surface area (Å²) in [6.07, 6.45) is 0. The molecule has 1 saturated heterocycles. The van der Waals surface area contributed by atoms with E-state index >= 15 is 0 Å². The van der Waals surface area contributed by atoms with E-state index in [4.69, 9.17) is 16.3 Å². The van der Waals surface area contributed by atoms with Crippen LogP contribution in [0.1, 0.15) is 10.5 Å². The molecule has 3 rings (SSSR count). The summed E-state index contributed by atoms with van der Waals surface area (Å²) in [6, 6.07) is 6.78.